The van der Waals surface area contributed by atoms with Gasteiger partial charge in [-0.2, -0.15) is 0 Å². The van der Waals surface area contributed by atoms with Crippen molar-refractivity contribution in [3.63, 3.8) is 0 Å². The Morgan fingerprint density at radius 2 is 1.83 bits per heavy atom. The first kappa shape index (κ1) is 16.1. The molecule has 5 nitrogen and oxygen atoms in total. The predicted octanol–water partition coefficient (Wildman–Crippen LogP) is 3.40. The lowest BCUT2D eigenvalue weighted by molar-refractivity contribution is 0.391. The Labute approximate surface area is 154 Å². The van der Waals surface area contributed by atoms with Crippen LogP contribution >= 0.6 is 27.7 Å². The van der Waals surface area contributed by atoms with Crippen LogP contribution in [0, 0.1) is 0 Å². The van der Waals surface area contributed by atoms with E-state index < -0.39 is 0 Å². The number of halogens is 1. The maximum Gasteiger partial charge on any atom is 0.159 e. The van der Waals surface area contributed by atoms with E-state index in [1.165, 1.54) is 5.17 Å². The van der Waals surface area contributed by atoms with Crippen molar-refractivity contribution in [2.24, 2.45) is 4.99 Å². The molecule has 1 aromatic carbocycles. The van der Waals surface area contributed by atoms with Gasteiger partial charge >= 0.3 is 0 Å². The standard InChI is InChI=1S/C17H20BrN5S/c1-17(2)10-19-16(24-17)23-7-5-22(6-8-23)15-13-9-12(18)3-4-14(13)20-11-21-15/h3-4,9,11H,5-8,10H2,1-2H3. The zero-order chi connectivity index (χ0) is 16.7. The molecule has 0 atom stereocenters. The highest BCUT2D eigenvalue weighted by atomic mass is 79.9. The second-order valence-corrected chi connectivity index (χ2v) is 9.38. The SMILES string of the molecule is CC1(C)CN=C(N2CCN(c3ncnc4ccc(Br)cc34)CC2)S1. The van der Waals surface area contributed by atoms with Crippen molar-refractivity contribution in [1.29, 1.82) is 0 Å². The van der Waals surface area contributed by atoms with Crippen LogP contribution in [0.3, 0.4) is 0 Å². The molecule has 1 aromatic heterocycles. The van der Waals surface area contributed by atoms with Crippen LogP contribution in [-0.4, -0.2) is 57.5 Å². The molecule has 3 heterocycles. The number of nitrogens with zero attached hydrogens (tertiary/aromatic N) is 5. The van der Waals surface area contributed by atoms with Gasteiger partial charge in [0, 0.05) is 40.8 Å². The highest BCUT2D eigenvalue weighted by molar-refractivity contribution is 9.10. The molecular weight excluding hydrogens is 386 g/mol. The fourth-order valence-electron chi connectivity index (χ4n) is 3.11. The number of fused-ring (bicyclic) bond motifs is 1. The van der Waals surface area contributed by atoms with Gasteiger partial charge in [-0.05, 0) is 32.0 Å². The lowest BCUT2D eigenvalue weighted by Crippen LogP contribution is -2.48. The molecule has 2 aliphatic heterocycles. The van der Waals surface area contributed by atoms with Gasteiger partial charge in [-0.1, -0.05) is 27.7 Å². The minimum absolute atomic E-state index is 0.238. The number of benzene rings is 1. The van der Waals surface area contributed by atoms with Gasteiger partial charge in [-0.15, -0.1) is 0 Å². The number of thioether (sulfide) groups is 1. The summed E-state index contributed by atoms with van der Waals surface area (Å²) in [6, 6.07) is 6.16. The Morgan fingerprint density at radius 3 is 2.54 bits per heavy atom. The summed E-state index contributed by atoms with van der Waals surface area (Å²) >= 11 is 5.46. The molecule has 7 heteroatoms. The van der Waals surface area contributed by atoms with E-state index in [1.54, 1.807) is 6.33 Å². The van der Waals surface area contributed by atoms with Crippen molar-refractivity contribution in [3.8, 4) is 0 Å². The van der Waals surface area contributed by atoms with Crippen molar-refractivity contribution in [1.82, 2.24) is 14.9 Å². The van der Waals surface area contributed by atoms with Crippen molar-refractivity contribution in [2.45, 2.75) is 18.6 Å². The highest BCUT2D eigenvalue weighted by Gasteiger charge is 2.31. The Balaban J connectivity index is 1.52. The Hall–Kier alpha value is -1.34. The first-order chi connectivity index (χ1) is 11.5. The molecule has 0 bridgehead atoms. The Bertz CT molecular complexity index is 799. The van der Waals surface area contributed by atoms with Crippen molar-refractivity contribution in [3.05, 3.63) is 29.0 Å². The maximum atomic E-state index is 4.73. The molecule has 0 radical (unpaired) electrons. The van der Waals surface area contributed by atoms with E-state index in [2.05, 4.69) is 55.6 Å². The normalized spacial score (nSPS) is 20.5. The number of amidine groups is 1. The molecule has 0 amide bonds. The summed E-state index contributed by atoms with van der Waals surface area (Å²) in [5.74, 6) is 1.03. The van der Waals surface area contributed by atoms with Crippen molar-refractivity contribution < 1.29 is 0 Å². The summed E-state index contributed by atoms with van der Waals surface area (Å²) in [5.41, 5.74) is 0.989. The second kappa shape index (κ2) is 6.19. The second-order valence-electron chi connectivity index (χ2n) is 6.79. The van der Waals surface area contributed by atoms with E-state index in [0.717, 1.165) is 53.9 Å². The third-order valence-corrected chi connectivity index (χ3v) is 6.13. The van der Waals surface area contributed by atoms with Gasteiger partial charge in [0.25, 0.3) is 0 Å². The number of hydrogen-bond acceptors (Lipinski definition) is 6. The molecule has 4 rings (SSSR count). The monoisotopic (exact) mass is 405 g/mol. The van der Waals surface area contributed by atoms with Gasteiger partial charge in [0.15, 0.2) is 5.17 Å². The quantitative estimate of drug-likeness (QED) is 0.727. The smallest absolute Gasteiger partial charge is 0.159 e. The number of anilines is 1. The average molecular weight is 406 g/mol. The van der Waals surface area contributed by atoms with Crippen molar-refractivity contribution >= 4 is 49.6 Å². The van der Waals surface area contributed by atoms with E-state index in [9.17, 15) is 0 Å². The number of hydrogen-bond donors (Lipinski definition) is 0. The van der Waals surface area contributed by atoms with Gasteiger partial charge < -0.3 is 9.80 Å². The van der Waals surface area contributed by atoms with Crippen LogP contribution in [0.2, 0.25) is 0 Å². The van der Waals surface area contributed by atoms with E-state index in [0.29, 0.717) is 0 Å². The van der Waals surface area contributed by atoms with Gasteiger partial charge in [0.2, 0.25) is 0 Å². The van der Waals surface area contributed by atoms with Gasteiger partial charge in [-0.25, -0.2) is 9.97 Å². The molecule has 1 fully saturated rings. The summed E-state index contributed by atoms with van der Waals surface area (Å²) in [7, 11) is 0. The van der Waals surface area contributed by atoms with Crippen LogP contribution in [0.5, 0.6) is 0 Å². The third kappa shape index (κ3) is 3.11. The molecule has 24 heavy (non-hydrogen) atoms. The molecule has 0 spiro atoms. The first-order valence-corrected chi connectivity index (χ1v) is 9.76. The number of piperazine rings is 1. The summed E-state index contributed by atoms with van der Waals surface area (Å²) in [6.45, 7) is 9.32. The van der Waals surface area contributed by atoms with E-state index in [-0.39, 0.29) is 4.75 Å². The summed E-state index contributed by atoms with van der Waals surface area (Å²) < 4.78 is 1.30. The van der Waals surface area contributed by atoms with Gasteiger partial charge in [-0.3, -0.25) is 4.99 Å². The Kier molecular flexibility index (Phi) is 4.16. The fraction of sp³-hybridized carbons (Fsp3) is 0.471. The zero-order valence-corrected chi connectivity index (χ0v) is 16.3. The summed E-state index contributed by atoms with van der Waals surface area (Å²) in [5, 5.41) is 2.31. The number of aromatic nitrogens is 2. The van der Waals surface area contributed by atoms with Crippen LogP contribution in [0.1, 0.15) is 13.8 Å². The minimum atomic E-state index is 0.238. The lowest BCUT2D eigenvalue weighted by atomic mass is 10.2. The number of aliphatic imine (C=N–C) groups is 1. The van der Waals surface area contributed by atoms with Crippen molar-refractivity contribution in [2.75, 3.05) is 37.6 Å². The van der Waals surface area contributed by atoms with Gasteiger partial charge in [0.05, 0.1) is 12.1 Å². The molecule has 1 saturated heterocycles. The molecule has 2 aliphatic rings. The molecule has 0 N–H and O–H groups in total. The molecular formula is C17H20BrN5S. The van der Waals surface area contributed by atoms with Crippen LogP contribution < -0.4 is 4.90 Å². The molecule has 0 unspecified atom stereocenters. The summed E-state index contributed by atoms with van der Waals surface area (Å²) in [6.07, 6.45) is 1.66. The highest BCUT2D eigenvalue weighted by Crippen LogP contribution is 2.34. The van der Waals surface area contributed by atoms with Crippen LogP contribution in [-0.2, 0) is 0 Å². The van der Waals surface area contributed by atoms with E-state index in [1.807, 2.05) is 23.9 Å². The Morgan fingerprint density at radius 1 is 1.08 bits per heavy atom. The lowest BCUT2D eigenvalue weighted by Gasteiger charge is -2.36. The third-order valence-electron chi connectivity index (χ3n) is 4.39. The van der Waals surface area contributed by atoms with Crippen LogP contribution in [0.15, 0.2) is 34.0 Å². The van der Waals surface area contributed by atoms with Crippen LogP contribution in [0.4, 0.5) is 5.82 Å². The van der Waals surface area contributed by atoms with E-state index in [4.69, 9.17) is 4.99 Å². The van der Waals surface area contributed by atoms with E-state index >= 15 is 0 Å². The largest absolute Gasteiger partial charge is 0.352 e. The van der Waals surface area contributed by atoms with Gasteiger partial charge in [0.1, 0.15) is 12.1 Å². The zero-order valence-electron chi connectivity index (χ0n) is 13.9. The maximum absolute atomic E-state index is 4.73. The first-order valence-electron chi connectivity index (χ1n) is 8.15. The number of rotatable bonds is 1. The topological polar surface area (TPSA) is 44.6 Å². The molecule has 0 aliphatic carbocycles. The molecule has 126 valence electrons. The molecule has 0 saturated carbocycles. The van der Waals surface area contributed by atoms with Crippen LogP contribution in [0.25, 0.3) is 10.9 Å². The predicted molar refractivity (Wildman–Crippen MR) is 105 cm³/mol. The average Bonchev–Trinajstić information content (AvgIpc) is 2.94. The molecule has 2 aromatic rings. The fourth-order valence-corrected chi connectivity index (χ4v) is 4.54. The minimum Gasteiger partial charge on any atom is -0.352 e. The summed E-state index contributed by atoms with van der Waals surface area (Å²) in [4.78, 5) is 18.4.